The topological polar surface area (TPSA) is 75.6 Å². The number of carbonyl (C=O) groups excluding carboxylic acids is 1. The summed E-state index contributed by atoms with van der Waals surface area (Å²) >= 11 is 0. The van der Waals surface area contributed by atoms with E-state index in [0.29, 0.717) is 0 Å². The Morgan fingerprint density at radius 1 is 1.17 bits per heavy atom. The number of anilines is 1. The Morgan fingerprint density at radius 2 is 1.92 bits per heavy atom. The van der Waals surface area contributed by atoms with Crippen molar-refractivity contribution < 1.29 is 28.2 Å². The molecule has 0 radical (unpaired) electrons. The number of carbonyl (C=O) groups is 2. The van der Waals surface area contributed by atoms with Crippen LogP contribution in [-0.2, 0) is 11.4 Å². The van der Waals surface area contributed by atoms with Crippen molar-refractivity contribution in [2.24, 2.45) is 0 Å². The highest BCUT2D eigenvalue weighted by molar-refractivity contribution is 6.00. The van der Waals surface area contributed by atoms with Gasteiger partial charge in [-0.1, -0.05) is 6.92 Å². The quantitative estimate of drug-likeness (QED) is 0.846. The fourth-order valence-electron chi connectivity index (χ4n) is 1.94. The molecule has 0 fully saturated rings. The van der Waals surface area contributed by atoms with Gasteiger partial charge in [-0.25, -0.2) is 13.6 Å². The molecule has 0 heterocycles. The number of rotatable bonds is 6. The predicted molar refractivity (Wildman–Crippen MR) is 83.0 cm³/mol. The molecule has 5 nitrogen and oxygen atoms in total. The summed E-state index contributed by atoms with van der Waals surface area (Å²) in [6, 6.07) is 7.18. The first kappa shape index (κ1) is 17.4. The average Bonchev–Trinajstić information content (AvgIpc) is 2.54. The molecule has 24 heavy (non-hydrogen) atoms. The summed E-state index contributed by atoms with van der Waals surface area (Å²) in [5.74, 6) is -2.81. The molecule has 1 amide bonds. The third-order valence-corrected chi connectivity index (χ3v) is 3.23. The lowest BCUT2D eigenvalue weighted by Crippen LogP contribution is -2.13. The van der Waals surface area contributed by atoms with Gasteiger partial charge in [-0.15, -0.1) is 0 Å². The summed E-state index contributed by atoms with van der Waals surface area (Å²) in [5, 5.41) is 11.7. The van der Waals surface area contributed by atoms with Crippen molar-refractivity contribution in [3.8, 4) is 5.75 Å². The summed E-state index contributed by atoms with van der Waals surface area (Å²) in [4.78, 5) is 22.7. The lowest BCUT2D eigenvalue weighted by atomic mass is 10.1. The van der Waals surface area contributed by atoms with Crippen LogP contribution in [-0.4, -0.2) is 17.0 Å². The first-order chi connectivity index (χ1) is 11.4. The molecule has 0 saturated heterocycles. The molecule has 7 heteroatoms. The van der Waals surface area contributed by atoms with Gasteiger partial charge in [-0.2, -0.15) is 0 Å². The van der Waals surface area contributed by atoms with Crippen molar-refractivity contribution in [1.82, 2.24) is 0 Å². The summed E-state index contributed by atoms with van der Waals surface area (Å²) in [6.07, 6.45) is 0.209. The van der Waals surface area contributed by atoms with E-state index in [2.05, 4.69) is 5.32 Å². The maximum absolute atomic E-state index is 13.5. The van der Waals surface area contributed by atoms with E-state index < -0.39 is 17.6 Å². The molecule has 0 aliphatic carbocycles. The van der Waals surface area contributed by atoms with Crippen molar-refractivity contribution in [1.29, 1.82) is 0 Å². The Bertz CT molecular complexity index is 777. The van der Waals surface area contributed by atoms with Crippen LogP contribution in [0.4, 0.5) is 14.5 Å². The SMILES string of the molecule is CCC(=O)Nc1ccc(OCc2ccc(F)cc2F)cc1C(=O)O. The number of nitrogens with one attached hydrogen (secondary N) is 1. The highest BCUT2D eigenvalue weighted by atomic mass is 19.1. The van der Waals surface area contributed by atoms with Gasteiger partial charge in [-0.05, 0) is 30.3 Å². The van der Waals surface area contributed by atoms with Crippen LogP contribution in [0.1, 0.15) is 29.3 Å². The maximum atomic E-state index is 13.5. The van der Waals surface area contributed by atoms with Crippen molar-refractivity contribution in [2.45, 2.75) is 20.0 Å². The first-order valence-corrected chi connectivity index (χ1v) is 7.14. The van der Waals surface area contributed by atoms with E-state index in [-0.39, 0.29) is 41.5 Å². The Labute approximate surface area is 136 Å². The summed E-state index contributed by atoms with van der Waals surface area (Å²) in [7, 11) is 0. The predicted octanol–water partition coefficient (Wildman–Crippen LogP) is 3.59. The Hall–Kier alpha value is -2.96. The van der Waals surface area contributed by atoms with Crippen molar-refractivity contribution >= 4 is 17.6 Å². The molecule has 0 saturated carbocycles. The molecule has 2 aromatic carbocycles. The number of carboxylic acids is 1. The standard InChI is InChI=1S/C17H15F2NO4/c1-2-16(21)20-15-6-5-12(8-13(15)17(22)23)24-9-10-3-4-11(18)7-14(10)19/h3-8H,2,9H2,1H3,(H,20,21)(H,22,23). The third kappa shape index (κ3) is 4.28. The number of benzene rings is 2. The van der Waals surface area contributed by atoms with Gasteiger partial charge in [0.1, 0.15) is 24.0 Å². The normalized spacial score (nSPS) is 10.3. The van der Waals surface area contributed by atoms with E-state index in [1.54, 1.807) is 6.92 Å². The molecular formula is C17H15F2NO4. The smallest absolute Gasteiger partial charge is 0.337 e. The van der Waals surface area contributed by atoms with Crippen LogP contribution in [0, 0.1) is 11.6 Å². The second-order valence-electron chi connectivity index (χ2n) is 4.94. The zero-order valence-corrected chi connectivity index (χ0v) is 12.8. The van der Waals surface area contributed by atoms with E-state index in [4.69, 9.17) is 4.74 Å². The van der Waals surface area contributed by atoms with E-state index in [0.717, 1.165) is 12.1 Å². The molecule has 0 aliphatic heterocycles. The summed E-state index contributed by atoms with van der Waals surface area (Å²) in [5.41, 5.74) is 0.139. The van der Waals surface area contributed by atoms with Gasteiger partial charge < -0.3 is 15.2 Å². The van der Waals surface area contributed by atoms with Gasteiger partial charge in [0.25, 0.3) is 0 Å². The number of aromatic carboxylic acids is 1. The van der Waals surface area contributed by atoms with Crippen molar-refractivity contribution in [3.63, 3.8) is 0 Å². The average molecular weight is 335 g/mol. The fourth-order valence-corrected chi connectivity index (χ4v) is 1.94. The third-order valence-electron chi connectivity index (χ3n) is 3.23. The lowest BCUT2D eigenvalue weighted by molar-refractivity contribution is -0.115. The highest BCUT2D eigenvalue weighted by Gasteiger charge is 2.14. The molecule has 2 rings (SSSR count). The zero-order chi connectivity index (χ0) is 17.7. The number of carboxylic acid groups (broad SMARTS) is 1. The summed E-state index contributed by atoms with van der Waals surface area (Å²) < 4.78 is 31.7. The Balaban J connectivity index is 2.17. The van der Waals surface area contributed by atoms with Gasteiger partial charge in [0, 0.05) is 18.1 Å². The second kappa shape index (κ2) is 7.54. The minimum atomic E-state index is -1.24. The van der Waals surface area contributed by atoms with Crippen LogP contribution in [0.2, 0.25) is 0 Å². The largest absolute Gasteiger partial charge is 0.489 e. The lowest BCUT2D eigenvalue weighted by Gasteiger charge is -2.11. The van der Waals surface area contributed by atoms with Gasteiger partial charge in [0.15, 0.2) is 0 Å². The molecule has 0 bridgehead atoms. The monoisotopic (exact) mass is 335 g/mol. The minimum Gasteiger partial charge on any atom is -0.489 e. The number of halogens is 2. The number of hydrogen-bond donors (Lipinski definition) is 2. The van der Waals surface area contributed by atoms with Crippen LogP contribution in [0.15, 0.2) is 36.4 Å². The molecule has 2 N–H and O–H groups in total. The number of hydrogen-bond acceptors (Lipinski definition) is 3. The van der Waals surface area contributed by atoms with Gasteiger partial charge in [-0.3, -0.25) is 4.79 Å². The van der Waals surface area contributed by atoms with Crippen LogP contribution in [0.3, 0.4) is 0 Å². The molecule has 0 atom stereocenters. The molecule has 0 unspecified atom stereocenters. The van der Waals surface area contributed by atoms with E-state index in [1.165, 1.54) is 24.3 Å². The van der Waals surface area contributed by atoms with Crippen LogP contribution >= 0.6 is 0 Å². The van der Waals surface area contributed by atoms with Gasteiger partial charge in [0.05, 0.1) is 11.3 Å². The van der Waals surface area contributed by atoms with E-state index in [1.807, 2.05) is 0 Å². The van der Waals surface area contributed by atoms with Gasteiger partial charge in [0.2, 0.25) is 5.91 Å². The number of amides is 1. The Kier molecular flexibility index (Phi) is 5.47. The zero-order valence-electron chi connectivity index (χ0n) is 12.8. The molecule has 0 aliphatic rings. The number of ether oxygens (including phenoxy) is 1. The first-order valence-electron chi connectivity index (χ1n) is 7.14. The Morgan fingerprint density at radius 3 is 2.54 bits per heavy atom. The van der Waals surface area contributed by atoms with Crippen molar-refractivity contribution in [3.05, 3.63) is 59.2 Å². The second-order valence-corrected chi connectivity index (χ2v) is 4.94. The molecule has 0 spiro atoms. The summed E-state index contributed by atoms with van der Waals surface area (Å²) in [6.45, 7) is 1.45. The maximum Gasteiger partial charge on any atom is 0.337 e. The molecule has 126 valence electrons. The van der Waals surface area contributed by atoms with Crippen molar-refractivity contribution in [2.75, 3.05) is 5.32 Å². The molecule has 2 aromatic rings. The van der Waals surface area contributed by atoms with E-state index in [9.17, 15) is 23.5 Å². The minimum absolute atomic E-state index is 0.136. The molecular weight excluding hydrogens is 320 g/mol. The van der Waals surface area contributed by atoms with Crippen LogP contribution < -0.4 is 10.1 Å². The highest BCUT2D eigenvalue weighted by Crippen LogP contribution is 2.24. The molecule has 0 aromatic heterocycles. The van der Waals surface area contributed by atoms with Crippen LogP contribution in [0.5, 0.6) is 5.75 Å². The fraction of sp³-hybridized carbons (Fsp3) is 0.176. The van der Waals surface area contributed by atoms with Gasteiger partial charge >= 0.3 is 5.97 Å². The van der Waals surface area contributed by atoms with E-state index >= 15 is 0 Å². The van der Waals surface area contributed by atoms with Crippen LogP contribution in [0.25, 0.3) is 0 Å².